The topological polar surface area (TPSA) is 113 Å². The largest absolute Gasteiger partial charge is 0.322 e. The third-order valence-corrected chi connectivity index (χ3v) is 7.92. The zero-order valence-corrected chi connectivity index (χ0v) is 19.7. The number of sulfonamides is 2. The van der Waals surface area contributed by atoms with Crippen molar-refractivity contribution in [3.05, 3.63) is 83.7 Å². The molecule has 11 heteroatoms. The fourth-order valence-corrected chi connectivity index (χ4v) is 4.92. The first-order valence-electron chi connectivity index (χ1n) is 9.63. The Labute approximate surface area is 192 Å². The SMILES string of the molecule is Cc1ccc(S(=O)(=O)Nc2ccc(F)cc2)cc1C(=O)Nc1cccc(S(=O)(=O)N(C)C)c1. The van der Waals surface area contributed by atoms with Gasteiger partial charge in [-0.15, -0.1) is 0 Å². The van der Waals surface area contributed by atoms with Gasteiger partial charge < -0.3 is 5.32 Å². The van der Waals surface area contributed by atoms with Crippen LogP contribution in [0.3, 0.4) is 0 Å². The molecule has 1 amide bonds. The Kier molecular flexibility index (Phi) is 6.86. The van der Waals surface area contributed by atoms with Gasteiger partial charge >= 0.3 is 0 Å². The maximum atomic E-state index is 13.1. The van der Waals surface area contributed by atoms with Crippen LogP contribution in [-0.4, -0.2) is 41.1 Å². The van der Waals surface area contributed by atoms with Crippen molar-refractivity contribution in [3.8, 4) is 0 Å². The Balaban J connectivity index is 1.88. The molecule has 3 aromatic carbocycles. The summed E-state index contributed by atoms with van der Waals surface area (Å²) in [6.07, 6.45) is 0. The molecule has 0 saturated heterocycles. The number of anilines is 2. The number of nitrogens with one attached hydrogen (secondary N) is 2. The van der Waals surface area contributed by atoms with Gasteiger partial charge in [0, 0.05) is 31.0 Å². The fourth-order valence-electron chi connectivity index (χ4n) is 2.89. The summed E-state index contributed by atoms with van der Waals surface area (Å²) >= 11 is 0. The summed E-state index contributed by atoms with van der Waals surface area (Å²) in [7, 11) is -4.94. The monoisotopic (exact) mass is 491 g/mol. The van der Waals surface area contributed by atoms with Gasteiger partial charge in [0.15, 0.2) is 0 Å². The minimum Gasteiger partial charge on any atom is -0.322 e. The molecule has 0 bridgehead atoms. The van der Waals surface area contributed by atoms with E-state index in [0.29, 0.717) is 5.56 Å². The van der Waals surface area contributed by atoms with Crippen LogP contribution in [0.1, 0.15) is 15.9 Å². The van der Waals surface area contributed by atoms with Crippen molar-refractivity contribution in [2.75, 3.05) is 24.1 Å². The second kappa shape index (κ2) is 9.30. The van der Waals surface area contributed by atoms with E-state index in [1.165, 1.54) is 68.7 Å². The van der Waals surface area contributed by atoms with Crippen LogP contribution in [0, 0.1) is 12.7 Å². The number of amides is 1. The summed E-state index contributed by atoms with van der Waals surface area (Å²) in [6.45, 7) is 1.64. The average Bonchev–Trinajstić information content (AvgIpc) is 2.75. The van der Waals surface area contributed by atoms with E-state index in [1.54, 1.807) is 6.92 Å². The van der Waals surface area contributed by atoms with Crippen LogP contribution in [-0.2, 0) is 20.0 Å². The summed E-state index contributed by atoms with van der Waals surface area (Å²) in [4.78, 5) is 12.7. The summed E-state index contributed by atoms with van der Waals surface area (Å²) in [5, 5.41) is 2.61. The number of benzene rings is 3. The number of carbonyl (C=O) groups is 1. The lowest BCUT2D eigenvalue weighted by molar-refractivity contribution is 0.102. The van der Waals surface area contributed by atoms with Gasteiger partial charge in [-0.25, -0.2) is 25.5 Å². The van der Waals surface area contributed by atoms with Crippen molar-refractivity contribution in [2.24, 2.45) is 0 Å². The van der Waals surface area contributed by atoms with Crippen LogP contribution in [0.5, 0.6) is 0 Å². The molecule has 0 aliphatic rings. The molecular weight excluding hydrogens is 469 g/mol. The number of carbonyl (C=O) groups excluding carboxylic acids is 1. The molecule has 0 unspecified atom stereocenters. The summed E-state index contributed by atoms with van der Waals surface area (Å²) < 4.78 is 66.6. The molecule has 0 saturated carbocycles. The van der Waals surface area contributed by atoms with Crippen molar-refractivity contribution in [1.29, 1.82) is 0 Å². The third kappa shape index (κ3) is 5.56. The summed E-state index contributed by atoms with van der Waals surface area (Å²) in [6, 6.07) is 14.6. The van der Waals surface area contributed by atoms with E-state index in [4.69, 9.17) is 0 Å². The molecule has 0 radical (unpaired) electrons. The molecule has 0 aliphatic heterocycles. The van der Waals surface area contributed by atoms with Crippen LogP contribution < -0.4 is 10.0 Å². The second-order valence-corrected chi connectivity index (χ2v) is 11.2. The average molecular weight is 492 g/mol. The molecule has 0 spiro atoms. The van der Waals surface area contributed by atoms with Crippen molar-refractivity contribution >= 4 is 37.3 Å². The number of rotatable bonds is 7. The van der Waals surface area contributed by atoms with Gasteiger partial charge in [-0.1, -0.05) is 12.1 Å². The van der Waals surface area contributed by atoms with Crippen LogP contribution >= 0.6 is 0 Å². The van der Waals surface area contributed by atoms with Crippen LogP contribution in [0.25, 0.3) is 0 Å². The molecule has 2 N–H and O–H groups in total. The molecule has 0 aromatic heterocycles. The standard InChI is InChI=1S/C22H22FN3O5S2/c1-15-7-12-19(32(28,29)25-17-10-8-16(23)9-11-17)14-21(15)22(27)24-18-5-4-6-20(13-18)33(30,31)26(2)3/h4-14,25H,1-3H3,(H,24,27). The van der Waals surface area contributed by atoms with Crippen LogP contribution in [0.2, 0.25) is 0 Å². The zero-order chi connectivity index (χ0) is 24.4. The van der Waals surface area contributed by atoms with E-state index < -0.39 is 31.8 Å². The van der Waals surface area contributed by atoms with Crippen LogP contribution in [0.15, 0.2) is 76.5 Å². The van der Waals surface area contributed by atoms with E-state index in [-0.39, 0.29) is 26.7 Å². The quantitative estimate of drug-likeness (QED) is 0.526. The Morgan fingerprint density at radius 2 is 1.52 bits per heavy atom. The number of hydrogen-bond acceptors (Lipinski definition) is 5. The molecule has 33 heavy (non-hydrogen) atoms. The molecule has 0 atom stereocenters. The third-order valence-electron chi connectivity index (χ3n) is 4.73. The smallest absolute Gasteiger partial charge is 0.261 e. The number of aryl methyl sites for hydroxylation is 1. The maximum absolute atomic E-state index is 13.1. The highest BCUT2D eigenvalue weighted by Crippen LogP contribution is 2.22. The van der Waals surface area contributed by atoms with Gasteiger partial charge in [-0.2, -0.15) is 0 Å². The van der Waals surface area contributed by atoms with Crippen molar-refractivity contribution < 1.29 is 26.0 Å². The Morgan fingerprint density at radius 3 is 2.15 bits per heavy atom. The highest BCUT2D eigenvalue weighted by Gasteiger charge is 2.20. The lowest BCUT2D eigenvalue weighted by atomic mass is 10.1. The first kappa shape index (κ1) is 24.4. The van der Waals surface area contributed by atoms with E-state index in [2.05, 4.69) is 10.0 Å². The van der Waals surface area contributed by atoms with Crippen molar-refractivity contribution in [3.63, 3.8) is 0 Å². The molecule has 3 aromatic rings. The van der Waals surface area contributed by atoms with Gasteiger partial charge in [0.1, 0.15) is 5.82 Å². The minimum atomic E-state index is -4.04. The van der Waals surface area contributed by atoms with Gasteiger partial charge in [0.2, 0.25) is 10.0 Å². The van der Waals surface area contributed by atoms with E-state index in [9.17, 15) is 26.0 Å². The molecule has 0 heterocycles. The first-order valence-corrected chi connectivity index (χ1v) is 12.6. The predicted octanol–water partition coefficient (Wildman–Crippen LogP) is 3.44. The van der Waals surface area contributed by atoms with Gasteiger partial charge in [0.25, 0.3) is 15.9 Å². The van der Waals surface area contributed by atoms with Gasteiger partial charge in [-0.05, 0) is 67.1 Å². The van der Waals surface area contributed by atoms with E-state index >= 15 is 0 Å². The highest BCUT2D eigenvalue weighted by atomic mass is 32.2. The highest BCUT2D eigenvalue weighted by molar-refractivity contribution is 7.92. The number of nitrogens with zero attached hydrogens (tertiary/aromatic N) is 1. The lowest BCUT2D eigenvalue weighted by Crippen LogP contribution is -2.22. The van der Waals surface area contributed by atoms with Crippen LogP contribution in [0.4, 0.5) is 15.8 Å². The normalized spacial score (nSPS) is 11.9. The lowest BCUT2D eigenvalue weighted by Gasteiger charge is -2.14. The van der Waals surface area contributed by atoms with E-state index in [1.807, 2.05) is 0 Å². The molecule has 174 valence electrons. The second-order valence-electron chi connectivity index (χ2n) is 7.36. The fraction of sp³-hybridized carbons (Fsp3) is 0.136. The minimum absolute atomic E-state index is 0.00171. The molecule has 3 rings (SSSR count). The summed E-state index contributed by atoms with van der Waals surface area (Å²) in [5.74, 6) is -1.11. The van der Waals surface area contributed by atoms with E-state index in [0.717, 1.165) is 16.4 Å². The van der Waals surface area contributed by atoms with Gasteiger partial charge in [0.05, 0.1) is 9.79 Å². The summed E-state index contributed by atoms with van der Waals surface area (Å²) in [5.41, 5.74) is 1.02. The molecular formula is C22H22FN3O5S2. The Hall–Kier alpha value is -3.28. The molecule has 0 fully saturated rings. The molecule has 0 aliphatic carbocycles. The molecule has 8 nitrogen and oxygen atoms in total. The van der Waals surface area contributed by atoms with Crippen molar-refractivity contribution in [2.45, 2.75) is 16.7 Å². The van der Waals surface area contributed by atoms with Crippen molar-refractivity contribution in [1.82, 2.24) is 4.31 Å². The Morgan fingerprint density at radius 1 is 0.848 bits per heavy atom. The first-order chi connectivity index (χ1) is 15.4. The zero-order valence-electron chi connectivity index (χ0n) is 18.0. The maximum Gasteiger partial charge on any atom is 0.261 e. The number of hydrogen-bond donors (Lipinski definition) is 2. The number of halogens is 1. The Bertz CT molecular complexity index is 1400. The van der Waals surface area contributed by atoms with Gasteiger partial charge in [-0.3, -0.25) is 9.52 Å². The predicted molar refractivity (Wildman–Crippen MR) is 124 cm³/mol.